The highest BCUT2D eigenvalue weighted by Gasteiger charge is 2.47. The minimum absolute atomic E-state index is 0.156. The summed E-state index contributed by atoms with van der Waals surface area (Å²) in [5, 5.41) is 0. The van der Waals surface area contributed by atoms with Gasteiger partial charge in [0.25, 0.3) is 0 Å². The van der Waals surface area contributed by atoms with E-state index in [1.54, 1.807) is 4.90 Å². The lowest BCUT2D eigenvalue weighted by Gasteiger charge is -2.31. The van der Waals surface area contributed by atoms with E-state index in [0.29, 0.717) is 12.5 Å². The minimum atomic E-state index is -0.441. The molecule has 1 saturated heterocycles. The van der Waals surface area contributed by atoms with E-state index in [0.717, 1.165) is 19.1 Å². The minimum Gasteiger partial charge on any atom is -0.444 e. The predicted octanol–water partition coefficient (Wildman–Crippen LogP) is 1.83. The highest BCUT2D eigenvalue weighted by atomic mass is 16.6. The summed E-state index contributed by atoms with van der Waals surface area (Å²) >= 11 is 0. The second-order valence-electron chi connectivity index (χ2n) is 5.82. The number of rotatable bonds is 1. The van der Waals surface area contributed by atoms with Gasteiger partial charge in [-0.2, -0.15) is 0 Å². The molecule has 1 amide bonds. The molecule has 0 N–H and O–H groups in total. The van der Waals surface area contributed by atoms with E-state index >= 15 is 0 Å². The largest absolute Gasteiger partial charge is 0.444 e. The molecule has 90 valence electrons. The summed E-state index contributed by atoms with van der Waals surface area (Å²) < 4.78 is 5.34. The Morgan fingerprint density at radius 3 is 2.50 bits per heavy atom. The maximum atomic E-state index is 11.9. The van der Waals surface area contributed by atoms with E-state index in [1.165, 1.54) is 0 Å². The van der Waals surface area contributed by atoms with Gasteiger partial charge in [0.15, 0.2) is 0 Å². The van der Waals surface area contributed by atoms with Crippen LogP contribution in [-0.4, -0.2) is 35.5 Å². The summed E-state index contributed by atoms with van der Waals surface area (Å²) in [6.07, 6.45) is 2.58. The van der Waals surface area contributed by atoms with Crippen LogP contribution in [0.5, 0.6) is 0 Å². The van der Waals surface area contributed by atoms with Crippen LogP contribution in [-0.2, 0) is 9.53 Å². The molecule has 0 aromatic heterocycles. The van der Waals surface area contributed by atoms with Crippen molar-refractivity contribution in [3.63, 3.8) is 0 Å². The maximum absolute atomic E-state index is 11.9. The second-order valence-corrected chi connectivity index (χ2v) is 5.82. The van der Waals surface area contributed by atoms with E-state index < -0.39 is 5.60 Å². The molecule has 2 fully saturated rings. The Kier molecular flexibility index (Phi) is 2.68. The van der Waals surface area contributed by atoms with E-state index in [1.807, 2.05) is 20.8 Å². The van der Waals surface area contributed by atoms with Gasteiger partial charge in [-0.1, -0.05) is 0 Å². The Hall–Kier alpha value is -1.06. The average Bonchev–Trinajstić information content (AvgIpc) is 2.72. The van der Waals surface area contributed by atoms with Gasteiger partial charge in [-0.3, -0.25) is 0 Å². The van der Waals surface area contributed by atoms with Gasteiger partial charge in [0.05, 0.1) is 0 Å². The van der Waals surface area contributed by atoms with E-state index in [-0.39, 0.29) is 18.1 Å². The van der Waals surface area contributed by atoms with Crippen molar-refractivity contribution in [1.82, 2.24) is 4.90 Å². The summed E-state index contributed by atoms with van der Waals surface area (Å²) in [5.41, 5.74) is -0.441. The van der Waals surface area contributed by atoms with Gasteiger partial charge < -0.3 is 14.4 Å². The van der Waals surface area contributed by atoms with Gasteiger partial charge in [0.1, 0.15) is 11.9 Å². The zero-order valence-electron chi connectivity index (χ0n) is 10.1. The van der Waals surface area contributed by atoms with Crippen molar-refractivity contribution in [1.29, 1.82) is 0 Å². The van der Waals surface area contributed by atoms with Crippen molar-refractivity contribution in [2.45, 2.75) is 45.3 Å². The molecule has 16 heavy (non-hydrogen) atoms. The van der Waals surface area contributed by atoms with Crippen molar-refractivity contribution in [2.24, 2.45) is 11.8 Å². The number of aldehydes is 1. The first-order chi connectivity index (χ1) is 7.40. The molecule has 2 aliphatic rings. The fraction of sp³-hybridized carbons (Fsp3) is 0.833. The van der Waals surface area contributed by atoms with Gasteiger partial charge in [0, 0.05) is 18.5 Å². The topological polar surface area (TPSA) is 46.6 Å². The van der Waals surface area contributed by atoms with Crippen LogP contribution in [0.2, 0.25) is 0 Å². The Morgan fingerprint density at radius 2 is 2.06 bits per heavy atom. The molecule has 2 bridgehead atoms. The maximum Gasteiger partial charge on any atom is 0.410 e. The number of ether oxygens (including phenoxy) is 1. The Labute approximate surface area is 95.9 Å². The molecule has 0 spiro atoms. The third-order valence-corrected chi connectivity index (χ3v) is 3.40. The molecule has 1 heterocycles. The van der Waals surface area contributed by atoms with Crippen LogP contribution < -0.4 is 0 Å². The molecule has 1 aliphatic carbocycles. The Morgan fingerprint density at radius 1 is 1.38 bits per heavy atom. The van der Waals surface area contributed by atoms with E-state index in [9.17, 15) is 9.59 Å². The van der Waals surface area contributed by atoms with Crippen molar-refractivity contribution >= 4 is 12.4 Å². The lowest BCUT2D eigenvalue weighted by molar-refractivity contribution is -0.112. The Balaban J connectivity index is 1.95. The predicted molar refractivity (Wildman–Crippen MR) is 59.0 cm³/mol. The summed E-state index contributed by atoms with van der Waals surface area (Å²) in [5.74, 6) is 0.513. The molecule has 4 heteroatoms. The standard InChI is InChI=1S/C12H19NO3/c1-12(2,3)16-11(15)13-6-8-4-10(13)5-9(8)7-14/h7-10H,4-6H2,1-3H3/t8-,9-,10-/m0/s1. The SMILES string of the molecule is CC(C)(C)OC(=O)N1C[C@@H]2C[C@H]1C[C@H]2C=O. The van der Waals surface area contributed by atoms with Gasteiger partial charge in [-0.15, -0.1) is 0 Å². The molecular formula is C12H19NO3. The normalized spacial score (nSPS) is 32.9. The van der Waals surface area contributed by atoms with Crippen LogP contribution in [0, 0.1) is 11.8 Å². The number of hydrogen-bond donors (Lipinski definition) is 0. The number of carbonyl (C=O) groups is 2. The average molecular weight is 225 g/mol. The van der Waals surface area contributed by atoms with Gasteiger partial charge in [0.2, 0.25) is 0 Å². The Bertz CT molecular complexity index is 308. The van der Waals surface area contributed by atoms with Crippen LogP contribution in [0.25, 0.3) is 0 Å². The third-order valence-electron chi connectivity index (χ3n) is 3.40. The molecule has 1 saturated carbocycles. The summed E-state index contributed by atoms with van der Waals surface area (Å²) in [4.78, 5) is 24.4. The number of amides is 1. The molecular weight excluding hydrogens is 206 g/mol. The lowest BCUT2D eigenvalue weighted by atomic mass is 9.96. The molecule has 2 rings (SSSR count). The summed E-state index contributed by atoms with van der Waals surface area (Å²) in [6.45, 7) is 6.29. The van der Waals surface area contributed by atoms with Crippen LogP contribution in [0.4, 0.5) is 4.79 Å². The molecule has 0 aromatic rings. The lowest BCUT2D eigenvalue weighted by Crippen LogP contribution is -2.43. The number of likely N-dealkylation sites (tertiary alicyclic amines) is 1. The molecule has 0 unspecified atom stereocenters. The van der Waals surface area contributed by atoms with Crippen molar-refractivity contribution in [3.8, 4) is 0 Å². The number of nitrogens with zero attached hydrogens (tertiary/aromatic N) is 1. The highest BCUT2D eigenvalue weighted by Crippen LogP contribution is 2.41. The first-order valence-corrected chi connectivity index (χ1v) is 5.85. The van der Waals surface area contributed by atoms with E-state index in [4.69, 9.17) is 4.74 Å². The molecule has 3 atom stereocenters. The highest BCUT2D eigenvalue weighted by molar-refractivity contribution is 5.70. The zero-order chi connectivity index (χ0) is 11.9. The monoisotopic (exact) mass is 225 g/mol. The summed E-state index contributed by atoms with van der Waals surface area (Å²) in [6, 6.07) is 0.218. The van der Waals surface area contributed by atoms with Crippen LogP contribution in [0.3, 0.4) is 0 Å². The van der Waals surface area contributed by atoms with Crippen LogP contribution >= 0.6 is 0 Å². The van der Waals surface area contributed by atoms with E-state index in [2.05, 4.69) is 0 Å². The third kappa shape index (κ3) is 2.06. The summed E-state index contributed by atoms with van der Waals surface area (Å²) in [7, 11) is 0. The fourth-order valence-electron chi connectivity index (χ4n) is 2.70. The van der Waals surface area contributed by atoms with Crippen molar-refractivity contribution in [2.75, 3.05) is 6.54 Å². The molecule has 1 aliphatic heterocycles. The van der Waals surface area contributed by atoms with Crippen molar-refractivity contribution < 1.29 is 14.3 Å². The second kappa shape index (κ2) is 3.75. The fourth-order valence-corrected chi connectivity index (χ4v) is 2.70. The smallest absolute Gasteiger partial charge is 0.410 e. The van der Waals surface area contributed by atoms with Gasteiger partial charge >= 0.3 is 6.09 Å². The molecule has 0 aromatic carbocycles. The number of piperidine rings is 1. The number of fused-ring (bicyclic) bond motifs is 2. The van der Waals surface area contributed by atoms with Gasteiger partial charge in [-0.25, -0.2) is 4.79 Å². The number of hydrogen-bond acceptors (Lipinski definition) is 3. The van der Waals surface area contributed by atoms with Crippen LogP contribution in [0.1, 0.15) is 33.6 Å². The van der Waals surface area contributed by atoms with Gasteiger partial charge in [-0.05, 0) is 39.5 Å². The molecule has 0 radical (unpaired) electrons. The molecule has 4 nitrogen and oxygen atoms in total. The first-order valence-electron chi connectivity index (χ1n) is 5.85. The van der Waals surface area contributed by atoms with Crippen molar-refractivity contribution in [3.05, 3.63) is 0 Å². The van der Waals surface area contributed by atoms with Crippen LogP contribution in [0.15, 0.2) is 0 Å². The quantitative estimate of drug-likeness (QED) is 0.640. The zero-order valence-corrected chi connectivity index (χ0v) is 10.1. The number of carbonyl (C=O) groups excluding carboxylic acids is 2. The first kappa shape index (κ1) is 11.4.